The molecular weight excluding hydrogens is 162 g/mol. The van der Waals surface area contributed by atoms with E-state index in [2.05, 4.69) is 11.1 Å². The first kappa shape index (κ1) is 8.09. The lowest BCUT2D eigenvalue weighted by Gasteiger charge is -2.00. The van der Waals surface area contributed by atoms with Crippen LogP contribution in [0.4, 0.5) is 0 Å². The number of nitrogens with zero attached hydrogens (tertiary/aromatic N) is 3. The lowest BCUT2D eigenvalue weighted by molar-refractivity contribution is 0.672. The SMILES string of the molecule is CC(C#N)n1cnc(CCl)c1. The van der Waals surface area contributed by atoms with Crippen LogP contribution in [0.3, 0.4) is 0 Å². The van der Waals surface area contributed by atoms with Crippen LogP contribution in [-0.2, 0) is 5.88 Å². The van der Waals surface area contributed by atoms with E-state index >= 15 is 0 Å². The fraction of sp³-hybridized carbons (Fsp3) is 0.429. The molecule has 0 N–H and O–H groups in total. The minimum atomic E-state index is -0.167. The zero-order valence-electron chi connectivity index (χ0n) is 6.16. The minimum absolute atomic E-state index is 0.167. The standard InChI is InChI=1S/C7H8ClN3/c1-6(3-9)11-4-7(2-8)10-5-11/h4-6H,2H2,1H3. The lowest BCUT2D eigenvalue weighted by Crippen LogP contribution is -1.98. The number of hydrogen-bond acceptors (Lipinski definition) is 2. The van der Waals surface area contributed by atoms with Crippen LogP contribution in [0.1, 0.15) is 18.7 Å². The molecule has 0 bridgehead atoms. The van der Waals surface area contributed by atoms with E-state index < -0.39 is 0 Å². The third-order valence-corrected chi connectivity index (χ3v) is 1.70. The molecular formula is C7H8ClN3. The van der Waals surface area contributed by atoms with Gasteiger partial charge in [0.25, 0.3) is 0 Å². The smallest absolute Gasteiger partial charge is 0.119 e. The molecule has 0 amide bonds. The molecule has 11 heavy (non-hydrogen) atoms. The summed E-state index contributed by atoms with van der Waals surface area (Å²) in [5.74, 6) is 0.394. The summed E-state index contributed by atoms with van der Waals surface area (Å²) in [6.45, 7) is 1.81. The summed E-state index contributed by atoms with van der Waals surface area (Å²) in [6.07, 6.45) is 3.40. The van der Waals surface area contributed by atoms with Crippen molar-refractivity contribution in [3.8, 4) is 6.07 Å². The first-order valence-electron chi connectivity index (χ1n) is 3.26. The molecule has 58 valence electrons. The Balaban J connectivity index is 2.82. The van der Waals surface area contributed by atoms with Gasteiger partial charge in [0.1, 0.15) is 6.04 Å². The Morgan fingerprint density at radius 1 is 1.91 bits per heavy atom. The summed E-state index contributed by atoms with van der Waals surface area (Å²) in [7, 11) is 0. The highest BCUT2D eigenvalue weighted by molar-refractivity contribution is 6.16. The van der Waals surface area contributed by atoms with Gasteiger partial charge in [0.15, 0.2) is 0 Å². The van der Waals surface area contributed by atoms with Crippen molar-refractivity contribution in [3.05, 3.63) is 18.2 Å². The normalized spacial score (nSPS) is 12.5. The second-order valence-corrected chi connectivity index (χ2v) is 2.52. The maximum absolute atomic E-state index is 8.54. The zero-order chi connectivity index (χ0) is 8.27. The molecule has 0 aliphatic carbocycles. The molecule has 1 rings (SSSR count). The van der Waals surface area contributed by atoms with Gasteiger partial charge >= 0.3 is 0 Å². The van der Waals surface area contributed by atoms with Crippen LogP contribution >= 0.6 is 11.6 Å². The van der Waals surface area contributed by atoms with Crippen molar-refractivity contribution in [2.24, 2.45) is 0 Å². The summed E-state index contributed by atoms with van der Waals surface area (Å²) in [6, 6.07) is 1.93. The Kier molecular flexibility index (Phi) is 2.50. The van der Waals surface area contributed by atoms with Gasteiger partial charge in [-0.15, -0.1) is 11.6 Å². The van der Waals surface area contributed by atoms with Gasteiger partial charge in [-0.3, -0.25) is 0 Å². The summed E-state index contributed by atoms with van der Waals surface area (Å²) >= 11 is 5.53. The molecule has 1 aromatic rings. The molecule has 1 aromatic heterocycles. The first-order chi connectivity index (χ1) is 5.27. The predicted octanol–water partition coefficient (Wildman–Crippen LogP) is 1.71. The molecule has 0 aliphatic rings. The van der Waals surface area contributed by atoms with E-state index in [9.17, 15) is 0 Å². The maximum atomic E-state index is 8.54. The number of imidazole rings is 1. The Morgan fingerprint density at radius 2 is 2.64 bits per heavy atom. The third kappa shape index (κ3) is 1.72. The molecule has 4 heteroatoms. The molecule has 0 aromatic carbocycles. The highest BCUT2D eigenvalue weighted by atomic mass is 35.5. The molecule has 0 radical (unpaired) electrons. The number of alkyl halides is 1. The second kappa shape index (κ2) is 3.40. The molecule has 1 heterocycles. The number of hydrogen-bond donors (Lipinski definition) is 0. The average molecular weight is 170 g/mol. The molecule has 1 unspecified atom stereocenters. The first-order valence-corrected chi connectivity index (χ1v) is 3.79. The van der Waals surface area contributed by atoms with Crippen LogP contribution in [0.15, 0.2) is 12.5 Å². The van der Waals surface area contributed by atoms with Gasteiger partial charge in [0.05, 0.1) is 24.0 Å². The van der Waals surface area contributed by atoms with Crippen LogP contribution in [0, 0.1) is 11.3 Å². The van der Waals surface area contributed by atoms with Gasteiger partial charge in [0.2, 0.25) is 0 Å². The summed E-state index contributed by atoms with van der Waals surface area (Å²) < 4.78 is 1.73. The van der Waals surface area contributed by atoms with Crippen molar-refractivity contribution in [1.29, 1.82) is 5.26 Å². The van der Waals surface area contributed by atoms with Gasteiger partial charge in [-0.25, -0.2) is 4.98 Å². The van der Waals surface area contributed by atoms with Crippen molar-refractivity contribution >= 4 is 11.6 Å². The predicted molar refractivity (Wildman–Crippen MR) is 42.1 cm³/mol. The zero-order valence-corrected chi connectivity index (χ0v) is 6.91. The van der Waals surface area contributed by atoms with Gasteiger partial charge in [-0.2, -0.15) is 5.26 Å². The average Bonchev–Trinajstić information content (AvgIpc) is 2.50. The lowest BCUT2D eigenvalue weighted by atomic mass is 10.4. The molecule has 0 spiro atoms. The number of halogens is 1. The van der Waals surface area contributed by atoms with E-state index in [-0.39, 0.29) is 6.04 Å². The fourth-order valence-electron chi connectivity index (χ4n) is 0.727. The minimum Gasteiger partial charge on any atom is -0.321 e. The van der Waals surface area contributed by atoms with E-state index in [0.29, 0.717) is 5.88 Å². The number of nitriles is 1. The van der Waals surface area contributed by atoms with E-state index in [0.717, 1.165) is 5.69 Å². The topological polar surface area (TPSA) is 41.6 Å². The summed E-state index contributed by atoms with van der Waals surface area (Å²) in [5, 5.41) is 8.54. The number of aromatic nitrogens is 2. The fourth-order valence-corrected chi connectivity index (χ4v) is 0.865. The van der Waals surface area contributed by atoms with Crippen molar-refractivity contribution in [2.75, 3.05) is 0 Å². The molecule has 0 saturated heterocycles. The Morgan fingerprint density at radius 3 is 3.09 bits per heavy atom. The largest absolute Gasteiger partial charge is 0.321 e. The van der Waals surface area contributed by atoms with Gasteiger partial charge in [-0.1, -0.05) is 0 Å². The van der Waals surface area contributed by atoms with Crippen molar-refractivity contribution in [1.82, 2.24) is 9.55 Å². The van der Waals surface area contributed by atoms with Crippen molar-refractivity contribution < 1.29 is 0 Å². The maximum Gasteiger partial charge on any atom is 0.119 e. The van der Waals surface area contributed by atoms with Crippen LogP contribution < -0.4 is 0 Å². The molecule has 3 nitrogen and oxygen atoms in total. The Hall–Kier alpha value is -1.01. The quantitative estimate of drug-likeness (QED) is 0.633. The third-order valence-electron chi connectivity index (χ3n) is 1.43. The van der Waals surface area contributed by atoms with Crippen LogP contribution in [0.25, 0.3) is 0 Å². The Labute approximate surface area is 70.2 Å². The van der Waals surface area contributed by atoms with E-state index in [4.69, 9.17) is 16.9 Å². The van der Waals surface area contributed by atoms with Gasteiger partial charge < -0.3 is 4.57 Å². The second-order valence-electron chi connectivity index (χ2n) is 2.25. The highest BCUT2D eigenvalue weighted by Crippen LogP contribution is 2.06. The van der Waals surface area contributed by atoms with E-state index in [1.54, 1.807) is 24.0 Å². The number of rotatable bonds is 2. The highest BCUT2D eigenvalue weighted by Gasteiger charge is 2.02. The molecule has 0 fully saturated rings. The van der Waals surface area contributed by atoms with Crippen LogP contribution in [-0.4, -0.2) is 9.55 Å². The molecule has 0 aliphatic heterocycles. The summed E-state index contributed by atoms with van der Waals surface area (Å²) in [4.78, 5) is 3.98. The van der Waals surface area contributed by atoms with E-state index in [1.165, 1.54) is 0 Å². The molecule has 1 atom stereocenters. The van der Waals surface area contributed by atoms with Crippen molar-refractivity contribution in [2.45, 2.75) is 18.8 Å². The van der Waals surface area contributed by atoms with Crippen molar-refractivity contribution in [3.63, 3.8) is 0 Å². The van der Waals surface area contributed by atoms with Gasteiger partial charge in [-0.05, 0) is 6.92 Å². The Bertz CT molecular complexity index is 273. The van der Waals surface area contributed by atoms with Gasteiger partial charge in [0, 0.05) is 6.20 Å². The monoisotopic (exact) mass is 169 g/mol. The van der Waals surface area contributed by atoms with Crippen LogP contribution in [0.5, 0.6) is 0 Å². The van der Waals surface area contributed by atoms with Crippen LogP contribution in [0.2, 0.25) is 0 Å². The summed E-state index contributed by atoms with van der Waals surface area (Å²) in [5.41, 5.74) is 0.800. The van der Waals surface area contributed by atoms with E-state index in [1.807, 2.05) is 0 Å². The molecule has 0 saturated carbocycles.